The Hall–Kier alpha value is -1.06. The van der Waals surface area contributed by atoms with Crippen LogP contribution >= 0.6 is 0 Å². The molecule has 0 saturated heterocycles. The molecule has 0 unspecified atom stereocenters. The number of amides is 1. The molecule has 130 valence electrons. The number of carbonyl (C=O) groups excluding carboxylic acids is 2. The summed E-state index contributed by atoms with van der Waals surface area (Å²) >= 11 is 0. The van der Waals surface area contributed by atoms with Crippen LogP contribution in [0, 0.1) is 0 Å². The second-order valence-electron chi connectivity index (χ2n) is 7.09. The topological polar surface area (TPSA) is 69.4 Å². The Bertz CT molecular complexity index is 308. The van der Waals surface area contributed by atoms with E-state index in [1.807, 2.05) is 20.8 Å². The molecule has 1 amide bonds. The first kappa shape index (κ1) is 20.9. The van der Waals surface area contributed by atoms with Gasteiger partial charge in [0.2, 0.25) is 5.91 Å². The Balaban J connectivity index is 3.21. The Kier molecular flexibility index (Phi) is 11.9. The van der Waals surface area contributed by atoms with Crippen LogP contribution in [0.5, 0.6) is 0 Å². The van der Waals surface area contributed by atoms with Gasteiger partial charge in [0, 0.05) is 12.8 Å². The summed E-state index contributed by atoms with van der Waals surface area (Å²) in [6, 6.07) is 0. The molecule has 0 aliphatic carbocycles. The molecule has 0 aliphatic rings. The molecule has 4 heteroatoms. The van der Waals surface area contributed by atoms with Crippen LogP contribution < -0.4 is 5.73 Å². The zero-order valence-corrected chi connectivity index (χ0v) is 14.8. The van der Waals surface area contributed by atoms with Gasteiger partial charge in [-0.3, -0.25) is 9.59 Å². The fourth-order valence-corrected chi connectivity index (χ4v) is 2.38. The van der Waals surface area contributed by atoms with E-state index in [9.17, 15) is 9.59 Å². The van der Waals surface area contributed by atoms with Crippen LogP contribution in [0.4, 0.5) is 0 Å². The predicted octanol–water partition coefficient (Wildman–Crippen LogP) is 4.49. The number of ether oxygens (including phenoxy) is 1. The highest BCUT2D eigenvalue weighted by molar-refractivity contribution is 5.73. The van der Waals surface area contributed by atoms with Gasteiger partial charge in [0.25, 0.3) is 0 Å². The molecule has 0 rings (SSSR count). The molecule has 0 aliphatic heterocycles. The third-order valence-electron chi connectivity index (χ3n) is 3.47. The fourth-order valence-electron chi connectivity index (χ4n) is 2.38. The Morgan fingerprint density at radius 1 is 0.727 bits per heavy atom. The van der Waals surface area contributed by atoms with Crippen LogP contribution in [-0.4, -0.2) is 17.5 Å². The van der Waals surface area contributed by atoms with Crippen molar-refractivity contribution in [2.75, 3.05) is 0 Å². The largest absolute Gasteiger partial charge is 0.460 e. The van der Waals surface area contributed by atoms with E-state index in [2.05, 4.69) is 0 Å². The van der Waals surface area contributed by atoms with Crippen molar-refractivity contribution in [3.05, 3.63) is 0 Å². The number of primary amides is 1. The summed E-state index contributed by atoms with van der Waals surface area (Å²) in [6.45, 7) is 5.70. The second-order valence-corrected chi connectivity index (χ2v) is 7.09. The normalized spacial score (nSPS) is 11.4. The van der Waals surface area contributed by atoms with Crippen molar-refractivity contribution in [1.82, 2.24) is 0 Å². The Morgan fingerprint density at radius 2 is 1.09 bits per heavy atom. The number of esters is 1. The second kappa shape index (κ2) is 12.5. The van der Waals surface area contributed by atoms with Crippen molar-refractivity contribution < 1.29 is 14.3 Å². The van der Waals surface area contributed by atoms with Crippen LogP contribution in [0.2, 0.25) is 0 Å². The SMILES string of the molecule is CC(C)(C)OC(=O)CCCCCCCCCCCCC(N)=O. The predicted molar refractivity (Wildman–Crippen MR) is 90.4 cm³/mol. The monoisotopic (exact) mass is 313 g/mol. The van der Waals surface area contributed by atoms with Gasteiger partial charge in [-0.25, -0.2) is 0 Å². The average molecular weight is 313 g/mol. The molecule has 4 nitrogen and oxygen atoms in total. The molecule has 0 radical (unpaired) electrons. The number of hydrogen-bond donors (Lipinski definition) is 1. The van der Waals surface area contributed by atoms with E-state index in [1.165, 1.54) is 38.5 Å². The van der Waals surface area contributed by atoms with E-state index in [0.29, 0.717) is 12.8 Å². The first-order valence-corrected chi connectivity index (χ1v) is 8.81. The van der Waals surface area contributed by atoms with Crippen molar-refractivity contribution in [2.45, 2.75) is 103 Å². The van der Waals surface area contributed by atoms with Crippen LogP contribution in [0.1, 0.15) is 97.8 Å². The number of carbonyl (C=O) groups is 2. The van der Waals surface area contributed by atoms with E-state index >= 15 is 0 Å². The number of hydrogen-bond acceptors (Lipinski definition) is 3. The summed E-state index contributed by atoms with van der Waals surface area (Å²) in [4.78, 5) is 22.1. The maximum absolute atomic E-state index is 11.5. The highest BCUT2D eigenvalue weighted by Gasteiger charge is 2.15. The molecule has 2 N–H and O–H groups in total. The molecular weight excluding hydrogens is 278 g/mol. The van der Waals surface area contributed by atoms with Crippen molar-refractivity contribution in [2.24, 2.45) is 5.73 Å². The van der Waals surface area contributed by atoms with Crippen LogP contribution in [0.15, 0.2) is 0 Å². The average Bonchev–Trinajstić information content (AvgIpc) is 2.37. The van der Waals surface area contributed by atoms with Gasteiger partial charge in [-0.15, -0.1) is 0 Å². The minimum Gasteiger partial charge on any atom is -0.460 e. The molecule has 0 saturated carbocycles. The summed E-state index contributed by atoms with van der Waals surface area (Å²) < 4.78 is 5.28. The first-order chi connectivity index (χ1) is 10.3. The van der Waals surface area contributed by atoms with E-state index in [0.717, 1.165) is 25.7 Å². The molecule has 0 bridgehead atoms. The lowest BCUT2D eigenvalue weighted by Gasteiger charge is -2.19. The van der Waals surface area contributed by atoms with Gasteiger partial charge in [0.05, 0.1) is 0 Å². The van der Waals surface area contributed by atoms with E-state index < -0.39 is 0 Å². The quantitative estimate of drug-likeness (QED) is 0.402. The third-order valence-corrected chi connectivity index (χ3v) is 3.47. The maximum Gasteiger partial charge on any atom is 0.306 e. The lowest BCUT2D eigenvalue weighted by molar-refractivity contribution is -0.154. The molecule has 0 fully saturated rings. The third kappa shape index (κ3) is 17.0. The Labute approximate surface area is 136 Å². The van der Waals surface area contributed by atoms with E-state index in [1.54, 1.807) is 0 Å². The van der Waals surface area contributed by atoms with Gasteiger partial charge < -0.3 is 10.5 Å². The molecule has 0 aromatic carbocycles. The zero-order valence-electron chi connectivity index (χ0n) is 14.8. The molecule has 0 aromatic heterocycles. The molecule has 0 aromatic rings. The first-order valence-electron chi connectivity index (χ1n) is 8.81. The van der Waals surface area contributed by atoms with Gasteiger partial charge in [-0.05, 0) is 33.6 Å². The van der Waals surface area contributed by atoms with Crippen molar-refractivity contribution in [3.8, 4) is 0 Å². The Morgan fingerprint density at radius 3 is 1.45 bits per heavy atom. The van der Waals surface area contributed by atoms with Crippen molar-refractivity contribution in [3.63, 3.8) is 0 Å². The summed E-state index contributed by atoms with van der Waals surface area (Å²) in [7, 11) is 0. The van der Waals surface area contributed by atoms with Gasteiger partial charge in [-0.1, -0.05) is 51.4 Å². The number of rotatable bonds is 13. The molecule has 22 heavy (non-hydrogen) atoms. The molecule has 0 atom stereocenters. The lowest BCUT2D eigenvalue weighted by atomic mass is 10.1. The van der Waals surface area contributed by atoms with Crippen LogP contribution in [0.3, 0.4) is 0 Å². The van der Waals surface area contributed by atoms with Gasteiger partial charge >= 0.3 is 5.97 Å². The van der Waals surface area contributed by atoms with Crippen LogP contribution in [0.25, 0.3) is 0 Å². The molecular formula is C18H35NO3. The van der Waals surface area contributed by atoms with Crippen molar-refractivity contribution in [1.29, 1.82) is 0 Å². The van der Waals surface area contributed by atoms with E-state index in [-0.39, 0.29) is 17.5 Å². The standard InChI is InChI=1S/C18H35NO3/c1-18(2,3)22-17(21)15-13-11-9-7-5-4-6-8-10-12-14-16(19)20/h4-15H2,1-3H3,(H2,19,20). The highest BCUT2D eigenvalue weighted by Crippen LogP contribution is 2.13. The summed E-state index contributed by atoms with van der Waals surface area (Å²) in [5.74, 6) is -0.269. The summed E-state index contributed by atoms with van der Waals surface area (Å²) in [6.07, 6.45) is 12.6. The summed E-state index contributed by atoms with van der Waals surface area (Å²) in [5, 5.41) is 0. The fraction of sp³-hybridized carbons (Fsp3) is 0.889. The van der Waals surface area contributed by atoms with E-state index in [4.69, 9.17) is 10.5 Å². The lowest BCUT2D eigenvalue weighted by Crippen LogP contribution is -2.23. The maximum atomic E-state index is 11.5. The summed E-state index contributed by atoms with van der Waals surface area (Å²) in [5.41, 5.74) is 4.73. The van der Waals surface area contributed by atoms with Crippen molar-refractivity contribution >= 4 is 11.9 Å². The van der Waals surface area contributed by atoms with Gasteiger partial charge in [0.1, 0.15) is 5.60 Å². The molecule has 0 heterocycles. The number of nitrogens with two attached hydrogens (primary N) is 1. The minimum atomic E-state index is -0.367. The minimum absolute atomic E-state index is 0.0801. The smallest absolute Gasteiger partial charge is 0.306 e. The molecule has 0 spiro atoms. The van der Waals surface area contributed by atoms with Gasteiger partial charge in [-0.2, -0.15) is 0 Å². The van der Waals surface area contributed by atoms with Gasteiger partial charge in [0.15, 0.2) is 0 Å². The zero-order chi connectivity index (χ0) is 16.8. The highest BCUT2D eigenvalue weighted by atomic mass is 16.6. The van der Waals surface area contributed by atoms with Crippen LogP contribution in [-0.2, 0) is 14.3 Å². The number of unbranched alkanes of at least 4 members (excludes halogenated alkanes) is 9.